The van der Waals surface area contributed by atoms with Gasteiger partial charge in [-0.3, -0.25) is 0 Å². The molecule has 2 aromatic carbocycles. The van der Waals surface area contributed by atoms with E-state index in [4.69, 9.17) is 0 Å². The van der Waals surface area contributed by atoms with E-state index in [9.17, 15) is 10.2 Å². The Kier molecular flexibility index (Phi) is 7.20. The predicted octanol–water partition coefficient (Wildman–Crippen LogP) is 8.81. The van der Waals surface area contributed by atoms with Crippen molar-refractivity contribution in [3.63, 3.8) is 0 Å². The molecule has 32 heavy (non-hydrogen) atoms. The van der Waals surface area contributed by atoms with Crippen LogP contribution >= 0.6 is 0 Å². The van der Waals surface area contributed by atoms with E-state index in [1.807, 2.05) is 0 Å². The van der Waals surface area contributed by atoms with Crippen LogP contribution in [-0.4, -0.2) is 10.2 Å². The molecule has 0 aliphatic heterocycles. The molecule has 2 rings (SSSR count). The van der Waals surface area contributed by atoms with Crippen molar-refractivity contribution in [1.29, 1.82) is 0 Å². The maximum absolute atomic E-state index is 11.3. The minimum atomic E-state index is -0.184. The van der Waals surface area contributed by atoms with Gasteiger partial charge in [0, 0.05) is 16.7 Å². The second-order valence-corrected chi connectivity index (χ2v) is 12.8. The molecule has 2 heteroatoms. The van der Waals surface area contributed by atoms with Crippen LogP contribution in [0.15, 0.2) is 24.3 Å². The van der Waals surface area contributed by atoms with Crippen molar-refractivity contribution >= 4 is 0 Å². The SMILES string of the molecule is CCC(C)C(C)c1cc(-c2cc(C(C)(C)C)c(O)c(C(C)(C)C)c2)cc(C(C)(C)C)c1O. The van der Waals surface area contributed by atoms with Crippen LogP contribution in [-0.2, 0) is 16.2 Å². The Bertz CT molecular complexity index is 927. The van der Waals surface area contributed by atoms with Crippen molar-refractivity contribution in [2.75, 3.05) is 0 Å². The zero-order chi connectivity index (χ0) is 24.8. The van der Waals surface area contributed by atoms with Gasteiger partial charge in [0.25, 0.3) is 0 Å². The third-order valence-electron chi connectivity index (χ3n) is 6.99. The van der Waals surface area contributed by atoms with Gasteiger partial charge in [-0.15, -0.1) is 0 Å². The first-order valence-electron chi connectivity index (χ1n) is 12.1. The van der Waals surface area contributed by atoms with Gasteiger partial charge in [-0.2, -0.15) is 0 Å². The van der Waals surface area contributed by atoms with E-state index in [2.05, 4.69) is 107 Å². The van der Waals surface area contributed by atoms with E-state index in [1.54, 1.807) is 0 Å². The number of phenolic OH excluding ortho intramolecular Hbond substituents is 2. The highest BCUT2D eigenvalue weighted by molar-refractivity contribution is 5.72. The number of aromatic hydroxyl groups is 2. The number of hydrogen-bond donors (Lipinski definition) is 2. The van der Waals surface area contributed by atoms with Gasteiger partial charge in [-0.25, -0.2) is 0 Å². The Morgan fingerprint density at radius 1 is 0.625 bits per heavy atom. The summed E-state index contributed by atoms with van der Waals surface area (Å²) in [7, 11) is 0. The molecule has 0 heterocycles. The van der Waals surface area contributed by atoms with E-state index in [-0.39, 0.29) is 22.2 Å². The average molecular weight is 439 g/mol. The number of rotatable bonds is 4. The van der Waals surface area contributed by atoms with Crippen LogP contribution in [0.3, 0.4) is 0 Å². The van der Waals surface area contributed by atoms with E-state index in [1.165, 1.54) is 0 Å². The molecule has 0 fully saturated rings. The van der Waals surface area contributed by atoms with Gasteiger partial charge in [0.05, 0.1) is 0 Å². The Balaban J connectivity index is 2.93. The van der Waals surface area contributed by atoms with Crippen LogP contribution in [0, 0.1) is 5.92 Å². The zero-order valence-corrected chi connectivity index (χ0v) is 22.6. The fraction of sp³-hybridized carbons (Fsp3) is 0.600. The zero-order valence-electron chi connectivity index (χ0n) is 22.6. The summed E-state index contributed by atoms with van der Waals surface area (Å²) in [6.45, 7) is 26.0. The maximum Gasteiger partial charge on any atom is 0.123 e. The largest absolute Gasteiger partial charge is 0.507 e. The second-order valence-electron chi connectivity index (χ2n) is 12.8. The molecular weight excluding hydrogens is 392 g/mol. The van der Waals surface area contributed by atoms with Crippen molar-refractivity contribution in [3.05, 3.63) is 46.5 Å². The highest BCUT2D eigenvalue weighted by Gasteiger charge is 2.29. The lowest BCUT2D eigenvalue weighted by Crippen LogP contribution is -2.18. The van der Waals surface area contributed by atoms with Gasteiger partial charge in [-0.1, -0.05) is 89.5 Å². The van der Waals surface area contributed by atoms with Gasteiger partial charge in [0.15, 0.2) is 0 Å². The lowest BCUT2D eigenvalue weighted by molar-refractivity contribution is 0.412. The molecule has 2 unspecified atom stereocenters. The molecule has 0 spiro atoms. The minimum absolute atomic E-state index is 0.180. The van der Waals surface area contributed by atoms with E-state index < -0.39 is 0 Å². The summed E-state index contributed by atoms with van der Waals surface area (Å²) >= 11 is 0. The quantitative estimate of drug-likeness (QED) is 0.500. The first-order valence-corrected chi connectivity index (χ1v) is 12.1. The summed E-state index contributed by atoms with van der Waals surface area (Å²) in [6, 6.07) is 8.60. The molecule has 0 saturated heterocycles. The van der Waals surface area contributed by atoms with Crippen molar-refractivity contribution in [1.82, 2.24) is 0 Å². The Morgan fingerprint density at radius 3 is 1.31 bits per heavy atom. The molecule has 2 nitrogen and oxygen atoms in total. The van der Waals surface area contributed by atoms with Gasteiger partial charge in [-0.05, 0) is 69.0 Å². The molecule has 178 valence electrons. The van der Waals surface area contributed by atoms with Crippen molar-refractivity contribution in [2.24, 2.45) is 5.92 Å². The van der Waals surface area contributed by atoms with Gasteiger partial charge >= 0.3 is 0 Å². The van der Waals surface area contributed by atoms with Crippen LogP contribution < -0.4 is 0 Å². The lowest BCUT2D eigenvalue weighted by atomic mass is 9.76. The normalized spacial score (nSPS) is 15.0. The Hall–Kier alpha value is -1.96. The summed E-state index contributed by atoms with van der Waals surface area (Å²) in [5.41, 5.74) is 5.57. The van der Waals surface area contributed by atoms with Crippen LogP contribution in [0.25, 0.3) is 11.1 Å². The molecular formula is C30H46O2. The monoisotopic (exact) mass is 438 g/mol. The predicted molar refractivity (Wildman–Crippen MR) is 139 cm³/mol. The number of benzene rings is 2. The molecule has 0 saturated carbocycles. The fourth-order valence-electron chi connectivity index (χ4n) is 4.35. The standard InChI is InChI=1S/C30H46O2/c1-13-18(2)19(3)22-14-20(15-23(26(22)31)28(4,5)6)21-16-24(29(7,8)9)27(32)25(17-21)30(10,11)12/h14-19,31-32H,13H2,1-12H3. The first-order chi connectivity index (χ1) is 14.4. The molecule has 0 aliphatic carbocycles. The molecule has 0 bridgehead atoms. The molecule has 2 N–H and O–H groups in total. The summed E-state index contributed by atoms with van der Waals surface area (Å²) in [5.74, 6) is 1.55. The van der Waals surface area contributed by atoms with Gasteiger partial charge in [0.2, 0.25) is 0 Å². The van der Waals surface area contributed by atoms with Crippen LogP contribution in [0.4, 0.5) is 0 Å². The third kappa shape index (κ3) is 5.33. The third-order valence-corrected chi connectivity index (χ3v) is 6.99. The minimum Gasteiger partial charge on any atom is -0.507 e. The highest BCUT2D eigenvalue weighted by Crippen LogP contribution is 2.45. The molecule has 2 atom stereocenters. The van der Waals surface area contributed by atoms with Crippen molar-refractivity contribution in [2.45, 2.75) is 112 Å². The van der Waals surface area contributed by atoms with Crippen molar-refractivity contribution in [3.8, 4) is 22.6 Å². The molecule has 2 aromatic rings. The summed E-state index contributed by atoms with van der Waals surface area (Å²) in [5, 5.41) is 22.4. The van der Waals surface area contributed by atoms with E-state index >= 15 is 0 Å². The fourth-order valence-corrected chi connectivity index (χ4v) is 4.35. The Labute approximate surface area is 197 Å². The smallest absolute Gasteiger partial charge is 0.123 e. The van der Waals surface area contributed by atoms with Crippen LogP contribution in [0.1, 0.15) is 118 Å². The molecule has 0 aromatic heterocycles. The van der Waals surface area contributed by atoms with Gasteiger partial charge in [0.1, 0.15) is 11.5 Å². The second kappa shape index (κ2) is 8.76. The van der Waals surface area contributed by atoms with Gasteiger partial charge < -0.3 is 10.2 Å². The van der Waals surface area contributed by atoms with Crippen molar-refractivity contribution < 1.29 is 10.2 Å². The summed E-state index contributed by atoms with van der Waals surface area (Å²) < 4.78 is 0. The van der Waals surface area contributed by atoms with Crippen LogP contribution in [0.5, 0.6) is 11.5 Å². The first kappa shape index (κ1) is 26.3. The van der Waals surface area contributed by atoms with Crippen LogP contribution in [0.2, 0.25) is 0 Å². The summed E-state index contributed by atoms with van der Waals surface area (Å²) in [6.07, 6.45) is 1.07. The topological polar surface area (TPSA) is 40.5 Å². The maximum atomic E-state index is 11.3. The van der Waals surface area contributed by atoms with E-state index in [0.29, 0.717) is 17.4 Å². The molecule has 0 aliphatic rings. The highest BCUT2D eigenvalue weighted by atomic mass is 16.3. The van der Waals surface area contributed by atoms with E-state index in [0.717, 1.165) is 39.8 Å². The lowest BCUT2D eigenvalue weighted by Gasteiger charge is -2.30. The molecule has 0 amide bonds. The summed E-state index contributed by atoms with van der Waals surface area (Å²) in [4.78, 5) is 0. The number of phenols is 2. The average Bonchev–Trinajstić information content (AvgIpc) is 2.64. The number of hydrogen-bond acceptors (Lipinski definition) is 2. The molecule has 0 radical (unpaired) electrons. The Morgan fingerprint density at radius 2 is 0.969 bits per heavy atom.